The Balaban J connectivity index is -0.000000114. The molecule has 0 rings (SSSR count). The van der Waals surface area contributed by atoms with E-state index in [1.807, 2.05) is 48.5 Å². The van der Waals surface area contributed by atoms with E-state index in [0.29, 0.717) is 5.41 Å². The number of nitrogens with zero attached hydrogens (tertiary/aromatic N) is 1. The lowest BCUT2D eigenvalue weighted by Crippen LogP contribution is -2.30. The molecule has 1 N–H and O–H groups in total. The van der Waals surface area contributed by atoms with Gasteiger partial charge in [0.1, 0.15) is 0 Å². The molecule has 0 aromatic carbocycles. The first-order chi connectivity index (χ1) is 26.9. The maximum absolute atomic E-state index is 5.84. The molecule has 0 aliphatic carbocycles. The van der Waals surface area contributed by atoms with E-state index in [-0.39, 0.29) is 6.29 Å². The third kappa shape index (κ3) is 99.6. The standard InChI is InChI=1S/C25H54N2O2.C7H16.2C5H12.C4H10.3C2H6/c1-5-8-10-11-12-15-23-28-25(4)29-24-16-14-21-27(20-13-9-6-2)22-17-19-26-18-7-3;1-5-7(3,4)6-2;2*1-3-5-4-2;1-4(2)3;3*1-2/h25-26H,5-24H2,1-4H3;5-6H2,1-4H3;2*3-5H2,1-2H3;4H,1-3H3;3*1-2H3. The molecule has 0 aromatic rings. The Morgan fingerprint density at radius 1 is 0.411 bits per heavy atom. The van der Waals surface area contributed by atoms with E-state index in [1.165, 1.54) is 142 Å². The molecular formula is C52H122N2O2. The molecule has 0 aromatic heterocycles. The van der Waals surface area contributed by atoms with Gasteiger partial charge < -0.3 is 19.7 Å². The fourth-order valence-corrected chi connectivity index (χ4v) is 4.47. The summed E-state index contributed by atoms with van der Waals surface area (Å²) in [6.45, 7) is 52.9. The minimum Gasteiger partial charge on any atom is -0.353 e. The van der Waals surface area contributed by atoms with Crippen LogP contribution in [0.3, 0.4) is 0 Å². The van der Waals surface area contributed by atoms with Crippen LogP contribution in [0.5, 0.6) is 0 Å². The molecule has 0 radical (unpaired) electrons. The summed E-state index contributed by atoms with van der Waals surface area (Å²) in [4.78, 5) is 2.65. The van der Waals surface area contributed by atoms with Gasteiger partial charge in [-0.1, -0.05) is 235 Å². The minimum atomic E-state index is -0.0593. The summed E-state index contributed by atoms with van der Waals surface area (Å²) in [5.74, 6) is 0.833. The van der Waals surface area contributed by atoms with Gasteiger partial charge in [-0.2, -0.15) is 0 Å². The molecule has 0 heterocycles. The first kappa shape index (κ1) is 73.4. The van der Waals surface area contributed by atoms with E-state index in [2.05, 4.69) is 107 Å². The summed E-state index contributed by atoms with van der Waals surface area (Å²) in [7, 11) is 0. The SMILES string of the molecule is CC.CC.CC.CC(C)C.CCC(C)(C)CC.CCCCC.CCCCC.CCCCCCCCOC(C)OCCCCN(CCCCC)CCCNCCC. The van der Waals surface area contributed by atoms with Gasteiger partial charge >= 0.3 is 0 Å². The third-order valence-corrected chi connectivity index (χ3v) is 8.73. The second-order valence-corrected chi connectivity index (χ2v) is 15.7. The molecule has 0 saturated carbocycles. The second kappa shape index (κ2) is 75.7. The van der Waals surface area contributed by atoms with Crippen LogP contribution in [-0.2, 0) is 9.47 Å². The van der Waals surface area contributed by atoms with E-state index >= 15 is 0 Å². The van der Waals surface area contributed by atoms with Crippen LogP contribution in [0, 0.1) is 11.3 Å². The van der Waals surface area contributed by atoms with Crippen molar-refractivity contribution in [1.29, 1.82) is 0 Å². The number of unbranched alkanes of at least 4 members (excludes halogenated alkanes) is 12. The molecule has 0 spiro atoms. The van der Waals surface area contributed by atoms with Crippen LogP contribution < -0.4 is 5.32 Å². The normalized spacial score (nSPS) is 10.6. The van der Waals surface area contributed by atoms with Crippen LogP contribution in [-0.4, -0.2) is 57.1 Å². The monoisotopic (exact) mass is 807 g/mol. The first-order valence-electron chi connectivity index (χ1n) is 25.6. The van der Waals surface area contributed by atoms with Crippen LogP contribution in [0.4, 0.5) is 0 Å². The zero-order chi connectivity index (χ0) is 45.2. The van der Waals surface area contributed by atoms with Crippen molar-refractivity contribution in [2.24, 2.45) is 11.3 Å². The summed E-state index contributed by atoms with van der Waals surface area (Å²) < 4.78 is 11.6. The predicted octanol–water partition coefficient (Wildman–Crippen LogP) is 18.4. The van der Waals surface area contributed by atoms with Crippen molar-refractivity contribution >= 4 is 0 Å². The predicted molar refractivity (Wildman–Crippen MR) is 267 cm³/mol. The van der Waals surface area contributed by atoms with Gasteiger partial charge in [0.25, 0.3) is 0 Å². The van der Waals surface area contributed by atoms with Gasteiger partial charge in [0.05, 0.1) is 0 Å². The fourth-order valence-electron chi connectivity index (χ4n) is 4.47. The number of hydrogen-bond donors (Lipinski definition) is 1. The van der Waals surface area contributed by atoms with E-state index in [4.69, 9.17) is 9.47 Å². The summed E-state index contributed by atoms with van der Waals surface area (Å²) in [5.41, 5.74) is 0.583. The van der Waals surface area contributed by atoms with Gasteiger partial charge in [0.2, 0.25) is 0 Å². The van der Waals surface area contributed by atoms with Crippen LogP contribution in [0.25, 0.3) is 0 Å². The van der Waals surface area contributed by atoms with Crippen molar-refractivity contribution in [2.75, 3.05) is 45.9 Å². The Morgan fingerprint density at radius 3 is 1.07 bits per heavy atom. The summed E-state index contributed by atoms with van der Waals surface area (Å²) >= 11 is 0. The molecule has 0 fully saturated rings. The summed E-state index contributed by atoms with van der Waals surface area (Å²) in [6.07, 6.45) is 27.3. The Bertz CT molecular complexity index is 508. The zero-order valence-corrected chi connectivity index (χ0v) is 44.2. The number of ether oxygens (including phenoxy) is 2. The topological polar surface area (TPSA) is 33.7 Å². The van der Waals surface area contributed by atoms with Crippen molar-refractivity contribution < 1.29 is 9.47 Å². The molecule has 0 aliphatic rings. The maximum atomic E-state index is 5.84. The van der Waals surface area contributed by atoms with Crippen LogP contribution in [0.1, 0.15) is 280 Å². The van der Waals surface area contributed by atoms with Gasteiger partial charge in [0, 0.05) is 13.2 Å². The van der Waals surface area contributed by atoms with Crippen molar-refractivity contribution in [3.63, 3.8) is 0 Å². The Morgan fingerprint density at radius 2 is 0.732 bits per heavy atom. The molecule has 4 heteroatoms. The van der Waals surface area contributed by atoms with Crippen LogP contribution in [0.15, 0.2) is 0 Å². The largest absolute Gasteiger partial charge is 0.353 e. The van der Waals surface area contributed by atoms with E-state index in [1.54, 1.807) is 0 Å². The lowest BCUT2D eigenvalue weighted by Gasteiger charge is -2.22. The first-order valence-corrected chi connectivity index (χ1v) is 25.6. The molecule has 56 heavy (non-hydrogen) atoms. The average molecular weight is 808 g/mol. The number of hydrogen-bond acceptors (Lipinski definition) is 4. The minimum absolute atomic E-state index is 0.0593. The molecule has 0 saturated heterocycles. The molecule has 352 valence electrons. The van der Waals surface area contributed by atoms with Crippen LogP contribution >= 0.6 is 0 Å². The second-order valence-electron chi connectivity index (χ2n) is 15.7. The van der Waals surface area contributed by atoms with Crippen molar-refractivity contribution in [1.82, 2.24) is 10.2 Å². The van der Waals surface area contributed by atoms with Gasteiger partial charge in [0.15, 0.2) is 6.29 Å². The fraction of sp³-hybridized carbons (Fsp3) is 1.00. The van der Waals surface area contributed by atoms with Gasteiger partial charge in [-0.15, -0.1) is 0 Å². The van der Waals surface area contributed by atoms with E-state index in [9.17, 15) is 0 Å². The third-order valence-electron chi connectivity index (χ3n) is 8.73. The molecule has 0 amide bonds. The average Bonchev–Trinajstić information content (AvgIpc) is 3.20. The van der Waals surface area contributed by atoms with Gasteiger partial charge in [-0.05, 0) is 89.5 Å². The quantitative estimate of drug-likeness (QED) is 0.0579. The Hall–Kier alpha value is -0.160. The highest BCUT2D eigenvalue weighted by Gasteiger charge is 2.10. The van der Waals surface area contributed by atoms with Gasteiger partial charge in [-0.3, -0.25) is 0 Å². The van der Waals surface area contributed by atoms with Crippen LogP contribution in [0.2, 0.25) is 0 Å². The highest BCUT2D eigenvalue weighted by atomic mass is 16.7. The molecule has 0 aliphatic heterocycles. The van der Waals surface area contributed by atoms with Gasteiger partial charge in [-0.25, -0.2) is 0 Å². The zero-order valence-electron chi connectivity index (χ0n) is 44.2. The van der Waals surface area contributed by atoms with Crippen molar-refractivity contribution in [3.8, 4) is 0 Å². The van der Waals surface area contributed by atoms with E-state index < -0.39 is 0 Å². The Kier molecular flexibility index (Phi) is 99.1. The molecule has 0 bridgehead atoms. The van der Waals surface area contributed by atoms with Crippen molar-refractivity contribution in [2.45, 2.75) is 287 Å². The number of rotatable bonds is 30. The lowest BCUT2D eigenvalue weighted by atomic mass is 9.88. The van der Waals surface area contributed by atoms with Crippen molar-refractivity contribution in [3.05, 3.63) is 0 Å². The van der Waals surface area contributed by atoms with E-state index in [0.717, 1.165) is 45.1 Å². The smallest absolute Gasteiger partial charge is 0.154 e. The maximum Gasteiger partial charge on any atom is 0.154 e. The molecule has 4 nitrogen and oxygen atoms in total. The number of nitrogens with one attached hydrogen (secondary N) is 1. The summed E-state index contributed by atoms with van der Waals surface area (Å²) in [6, 6.07) is 0. The molecule has 1 unspecified atom stereocenters. The molecule has 1 atom stereocenters. The molecular weight excluding hydrogens is 685 g/mol. The highest BCUT2D eigenvalue weighted by Crippen LogP contribution is 2.22. The lowest BCUT2D eigenvalue weighted by molar-refractivity contribution is -0.131. The highest BCUT2D eigenvalue weighted by molar-refractivity contribution is 4.62. The summed E-state index contributed by atoms with van der Waals surface area (Å²) in [5, 5.41) is 3.52. The Labute approximate surface area is 362 Å².